The fraction of sp³-hybridized carbons (Fsp3) is 1.00. The summed E-state index contributed by atoms with van der Waals surface area (Å²) in [6, 6.07) is 0. The molecule has 0 saturated carbocycles. The summed E-state index contributed by atoms with van der Waals surface area (Å²) in [7, 11) is 2.22. The number of hydrogen-bond donors (Lipinski definition) is 1. The van der Waals surface area contributed by atoms with Crippen LogP contribution < -0.4 is 5.73 Å². The summed E-state index contributed by atoms with van der Waals surface area (Å²) in [4.78, 5) is 2.46. The standard InChI is InChI=1S/C12H24N2OS/c1-10-6-12(8-13,9-16-10)14(2)7-11-4-3-5-15-11/h10-11H,3-9,13H2,1-2H3. The van der Waals surface area contributed by atoms with E-state index < -0.39 is 0 Å². The maximum absolute atomic E-state index is 6.01. The summed E-state index contributed by atoms with van der Waals surface area (Å²) < 4.78 is 5.71. The lowest BCUT2D eigenvalue weighted by molar-refractivity contribution is 0.0445. The predicted octanol–water partition coefficient (Wildman–Crippen LogP) is 1.32. The minimum absolute atomic E-state index is 0.218. The van der Waals surface area contributed by atoms with Gasteiger partial charge < -0.3 is 10.5 Å². The fourth-order valence-corrected chi connectivity index (χ4v) is 4.28. The maximum Gasteiger partial charge on any atom is 0.0702 e. The van der Waals surface area contributed by atoms with Crippen LogP contribution in [0.25, 0.3) is 0 Å². The highest BCUT2D eigenvalue weighted by Gasteiger charge is 2.41. The molecule has 3 atom stereocenters. The second-order valence-electron chi connectivity index (χ2n) is 5.27. The highest BCUT2D eigenvalue weighted by atomic mass is 32.2. The molecule has 16 heavy (non-hydrogen) atoms. The first-order chi connectivity index (χ1) is 7.66. The zero-order valence-corrected chi connectivity index (χ0v) is 11.3. The van der Waals surface area contributed by atoms with Crippen LogP contribution in [-0.2, 0) is 4.74 Å². The summed E-state index contributed by atoms with van der Waals surface area (Å²) in [5, 5.41) is 0.746. The number of thioether (sulfide) groups is 1. The number of ether oxygens (including phenoxy) is 1. The minimum atomic E-state index is 0.218. The summed E-state index contributed by atoms with van der Waals surface area (Å²) >= 11 is 2.05. The number of nitrogens with two attached hydrogens (primary N) is 1. The monoisotopic (exact) mass is 244 g/mol. The van der Waals surface area contributed by atoms with Crippen LogP contribution >= 0.6 is 11.8 Å². The lowest BCUT2D eigenvalue weighted by atomic mass is 9.94. The third-order valence-corrected chi connectivity index (χ3v) is 5.43. The molecular formula is C12H24N2OS. The van der Waals surface area contributed by atoms with Crippen molar-refractivity contribution in [2.24, 2.45) is 5.73 Å². The lowest BCUT2D eigenvalue weighted by Crippen LogP contribution is -2.54. The van der Waals surface area contributed by atoms with E-state index in [9.17, 15) is 0 Å². The highest BCUT2D eigenvalue weighted by molar-refractivity contribution is 8.00. The van der Waals surface area contributed by atoms with Crippen LogP contribution in [0.15, 0.2) is 0 Å². The molecule has 0 bridgehead atoms. The van der Waals surface area contributed by atoms with E-state index in [0.717, 1.165) is 24.9 Å². The normalized spacial score (nSPS) is 39.8. The van der Waals surface area contributed by atoms with Gasteiger partial charge in [0.1, 0.15) is 0 Å². The Morgan fingerprint density at radius 1 is 1.56 bits per heavy atom. The Kier molecular flexibility index (Phi) is 4.16. The molecule has 0 radical (unpaired) electrons. The molecule has 3 nitrogen and oxygen atoms in total. The van der Waals surface area contributed by atoms with Crippen LogP contribution in [0.4, 0.5) is 0 Å². The van der Waals surface area contributed by atoms with E-state index in [0.29, 0.717) is 6.10 Å². The number of nitrogens with zero attached hydrogens (tertiary/aromatic N) is 1. The van der Waals surface area contributed by atoms with E-state index in [2.05, 4.69) is 30.6 Å². The smallest absolute Gasteiger partial charge is 0.0702 e. The Morgan fingerprint density at radius 3 is 2.88 bits per heavy atom. The van der Waals surface area contributed by atoms with E-state index in [1.165, 1.54) is 25.0 Å². The molecule has 2 N–H and O–H groups in total. The van der Waals surface area contributed by atoms with Crippen molar-refractivity contribution < 1.29 is 4.74 Å². The fourth-order valence-electron chi connectivity index (χ4n) is 2.80. The Hall–Kier alpha value is 0.230. The SMILES string of the molecule is CC1CC(CN)(N(C)CC2CCCO2)CS1. The van der Waals surface area contributed by atoms with Crippen LogP contribution in [0.2, 0.25) is 0 Å². The van der Waals surface area contributed by atoms with Crippen molar-refractivity contribution in [3.05, 3.63) is 0 Å². The Bertz CT molecular complexity index is 233. The van der Waals surface area contributed by atoms with Gasteiger partial charge in [-0.25, -0.2) is 0 Å². The quantitative estimate of drug-likeness (QED) is 0.809. The second-order valence-corrected chi connectivity index (χ2v) is 6.70. The Morgan fingerprint density at radius 2 is 2.38 bits per heavy atom. The Labute approximate surface area is 103 Å². The van der Waals surface area contributed by atoms with Crippen molar-refractivity contribution in [1.82, 2.24) is 4.90 Å². The van der Waals surface area contributed by atoms with Crippen molar-refractivity contribution in [2.75, 3.05) is 32.5 Å². The molecule has 0 aliphatic carbocycles. The third-order valence-electron chi connectivity index (χ3n) is 4.00. The van der Waals surface area contributed by atoms with Gasteiger partial charge in [-0.1, -0.05) is 6.92 Å². The topological polar surface area (TPSA) is 38.5 Å². The molecule has 4 heteroatoms. The highest BCUT2D eigenvalue weighted by Crippen LogP contribution is 2.37. The van der Waals surface area contributed by atoms with E-state index in [4.69, 9.17) is 10.5 Å². The molecule has 0 amide bonds. The van der Waals surface area contributed by atoms with Gasteiger partial charge in [-0.05, 0) is 26.3 Å². The molecule has 2 saturated heterocycles. The van der Waals surface area contributed by atoms with Gasteiger partial charge in [0, 0.05) is 36.2 Å². The van der Waals surface area contributed by atoms with Gasteiger partial charge in [0.25, 0.3) is 0 Å². The van der Waals surface area contributed by atoms with Crippen LogP contribution in [0, 0.1) is 0 Å². The van der Waals surface area contributed by atoms with Gasteiger partial charge in [0.2, 0.25) is 0 Å². The molecule has 2 heterocycles. The minimum Gasteiger partial charge on any atom is -0.377 e. The first-order valence-electron chi connectivity index (χ1n) is 6.31. The molecule has 0 aromatic rings. The molecule has 2 rings (SSSR count). The molecule has 2 aliphatic rings. The molecule has 94 valence electrons. The first kappa shape index (κ1) is 12.7. The molecule has 2 aliphatic heterocycles. The van der Waals surface area contributed by atoms with Crippen LogP contribution in [0.3, 0.4) is 0 Å². The van der Waals surface area contributed by atoms with Crippen molar-refractivity contribution in [3.8, 4) is 0 Å². The lowest BCUT2D eigenvalue weighted by Gasteiger charge is -2.38. The van der Waals surface area contributed by atoms with Crippen molar-refractivity contribution in [2.45, 2.75) is 43.1 Å². The first-order valence-corrected chi connectivity index (χ1v) is 7.36. The van der Waals surface area contributed by atoms with E-state index >= 15 is 0 Å². The third kappa shape index (κ3) is 2.55. The van der Waals surface area contributed by atoms with Gasteiger partial charge in [-0.3, -0.25) is 4.90 Å². The summed E-state index contributed by atoms with van der Waals surface area (Å²) in [5.74, 6) is 1.17. The van der Waals surface area contributed by atoms with Crippen molar-refractivity contribution in [3.63, 3.8) is 0 Å². The average Bonchev–Trinajstić information content (AvgIpc) is 2.88. The molecule has 0 aromatic carbocycles. The predicted molar refractivity (Wildman–Crippen MR) is 69.9 cm³/mol. The zero-order chi connectivity index (χ0) is 11.6. The van der Waals surface area contributed by atoms with Gasteiger partial charge in [0.15, 0.2) is 0 Å². The average molecular weight is 244 g/mol. The van der Waals surface area contributed by atoms with Crippen LogP contribution in [-0.4, -0.2) is 54.3 Å². The molecule has 0 aromatic heterocycles. The number of likely N-dealkylation sites (N-methyl/N-ethyl adjacent to an activating group) is 1. The molecule has 2 fully saturated rings. The molecular weight excluding hydrogens is 220 g/mol. The van der Waals surface area contributed by atoms with Gasteiger partial charge in [-0.2, -0.15) is 11.8 Å². The summed E-state index contributed by atoms with van der Waals surface area (Å²) in [5.41, 5.74) is 6.23. The van der Waals surface area contributed by atoms with E-state index in [-0.39, 0.29) is 5.54 Å². The van der Waals surface area contributed by atoms with Crippen molar-refractivity contribution in [1.29, 1.82) is 0 Å². The number of hydrogen-bond acceptors (Lipinski definition) is 4. The Balaban J connectivity index is 1.92. The van der Waals surface area contributed by atoms with Gasteiger partial charge in [-0.15, -0.1) is 0 Å². The summed E-state index contributed by atoms with van der Waals surface area (Å²) in [6.45, 7) is 5.07. The van der Waals surface area contributed by atoms with Crippen molar-refractivity contribution >= 4 is 11.8 Å². The van der Waals surface area contributed by atoms with Gasteiger partial charge >= 0.3 is 0 Å². The van der Waals surface area contributed by atoms with Crippen LogP contribution in [0.1, 0.15) is 26.2 Å². The van der Waals surface area contributed by atoms with Gasteiger partial charge in [0.05, 0.1) is 6.10 Å². The number of rotatable bonds is 4. The van der Waals surface area contributed by atoms with E-state index in [1.54, 1.807) is 0 Å². The largest absolute Gasteiger partial charge is 0.377 e. The van der Waals surface area contributed by atoms with E-state index in [1.807, 2.05) is 0 Å². The second kappa shape index (κ2) is 5.25. The maximum atomic E-state index is 6.01. The summed E-state index contributed by atoms with van der Waals surface area (Å²) in [6.07, 6.45) is 4.10. The molecule has 0 spiro atoms. The molecule has 3 unspecified atom stereocenters. The van der Waals surface area contributed by atoms with Crippen LogP contribution in [0.5, 0.6) is 0 Å². The zero-order valence-electron chi connectivity index (χ0n) is 10.4.